The van der Waals surface area contributed by atoms with Gasteiger partial charge in [-0.2, -0.15) is 0 Å². The van der Waals surface area contributed by atoms with Gasteiger partial charge in [-0.1, -0.05) is 43.2 Å². The molecule has 0 spiro atoms. The minimum atomic E-state index is -1.03. The van der Waals surface area contributed by atoms with Gasteiger partial charge < -0.3 is 10.2 Å². The van der Waals surface area contributed by atoms with E-state index in [1.165, 1.54) is 0 Å². The molecule has 0 saturated heterocycles. The highest BCUT2D eigenvalue weighted by Gasteiger charge is 2.39. The fourth-order valence-corrected chi connectivity index (χ4v) is 3.06. The zero-order chi connectivity index (χ0) is 16.9. The van der Waals surface area contributed by atoms with Gasteiger partial charge in [0.25, 0.3) is 0 Å². The molecule has 0 heterocycles. The van der Waals surface area contributed by atoms with Crippen molar-refractivity contribution < 1.29 is 9.59 Å². The molecule has 0 unspecified atom stereocenters. The van der Waals surface area contributed by atoms with Crippen molar-refractivity contribution in [3.63, 3.8) is 0 Å². The summed E-state index contributed by atoms with van der Waals surface area (Å²) in [5.74, 6) is -0.264. The Morgan fingerprint density at radius 2 is 1.78 bits per heavy atom. The number of benzene rings is 1. The van der Waals surface area contributed by atoms with Gasteiger partial charge in [-0.05, 0) is 39.2 Å². The average Bonchev–Trinajstić information content (AvgIpc) is 3.05. The molecule has 0 aliphatic heterocycles. The van der Waals surface area contributed by atoms with Crippen LogP contribution in [0.2, 0.25) is 0 Å². The second-order valence-corrected chi connectivity index (χ2v) is 6.88. The van der Waals surface area contributed by atoms with Crippen LogP contribution in [0.1, 0.15) is 52.0 Å². The topological polar surface area (TPSA) is 49.4 Å². The summed E-state index contributed by atoms with van der Waals surface area (Å²) in [6.07, 6.45) is 4.37. The molecule has 2 rings (SSSR count). The first kappa shape index (κ1) is 17.5. The second-order valence-electron chi connectivity index (χ2n) is 6.88. The van der Waals surface area contributed by atoms with E-state index in [0.717, 1.165) is 31.2 Å². The lowest BCUT2D eigenvalue weighted by molar-refractivity contribution is -0.149. The third-order valence-corrected chi connectivity index (χ3v) is 4.68. The lowest BCUT2D eigenvalue weighted by Crippen LogP contribution is -2.51. The van der Waals surface area contributed by atoms with Crippen molar-refractivity contribution in [1.82, 2.24) is 10.2 Å². The number of carbonyl (C=O) groups is 2. The smallest absolute Gasteiger partial charge is 0.237 e. The lowest BCUT2D eigenvalue weighted by Gasteiger charge is -2.31. The Hall–Kier alpha value is -1.84. The highest BCUT2D eigenvalue weighted by molar-refractivity contribution is 6.04. The van der Waals surface area contributed by atoms with Crippen molar-refractivity contribution >= 4 is 11.8 Å². The first-order chi connectivity index (χ1) is 10.9. The highest BCUT2D eigenvalue weighted by atomic mass is 16.2. The van der Waals surface area contributed by atoms with Gasteiger partial charge in [-0.25, -0.2) is 0 Å². The van der Waals surface area contributed by atoms with E-state index in [9.17, 15) is 9.59 Å². The van der Waals surface area contributed by atoms with Crippen LogP contribution >= 0.6 is 0 Å². The van der Waals surface area contributed by atoms with Gasteiger partial charge in [-0.15, -0.1) is 0 Å². The Kier molecular flexibility index (Phi) is 5.80. The molecular formula is C19H28N2O2. The molecule has 0 aromatic heterocycles. The fraction of sp³-hybridized carbons (Fsp3) is 0.579. The molecule has 1 aromatic rings. The monoisotopic (exact) mass is 316 g/mol. The summed E-state index contributed by atoms with van der Waals surface area (Å²) in [4.78, 5) is 27.2. The molecule has 0 atom stereocenters. The molecule has 0 bridgehead atoms. The van der Waals surface area contributed by atoms with E-state index < -0.39 is 5.41 Å². The van der Waals surface area contributed by atoms with E-state index in [4.69, 9.17) is 0 Å². The van der Waals surface area contributed by atoms with E-state index in [2.05, 4.69) is 5.32 Å². The largest absolute Gasteiger partial charge is 0.352 e. The lowest BCUT2D eigenvalue weighted by atomic mass is 9.89. The molecule has 1 aliphatic carbocycles. The van der Waals surface area contributed by atoms with Crippen molar-refractivity contribution in [2.75, 3.05) is 6.54 Å². The summed E-state index contributed by atoms with van der Waals surface area (Å²) < 4.78 is 0. The molecule has 1 fully saturated rings. The van der Waals surface area contributed by atoms with Crippen LogP contribution in [0.4, 0.5) is 0 Å². The molecule has 1 aromatic carbocycles. The normalized spacial score (nSPS) is 15.4. The van der Waals surface area contributed by atoms with Crippen LogP contribution in [0.3, 0.4) is 0 Å². The van der Waals surface area contributed by atoms with Crippen molar-refractivity contribution in [3.05, 3.63) is 35.9 Å². The third-order valence-electron chi connectivity index (χ3n) is 4.68. The highest BCUT2D eigenvalue weighted by Crippen LogP contribution is 2.24. The Labute approximate surface area is 139 Å². The van der Waals surface area contributed by atoms with E-state index >= 15 is 0 Å². The minimum Gasteiger partial charge on any atom is -0.352 e. The predicted molar refractivity (Wildman–Crippen MR) is 91.7 cm³/mol. The molecular weight excluding hydrogens is 288 g/mol. The van der Waals surface area contributed by atoms with Crippen LogP contribution in [-0.4, -0.2) is 29.3 Å². The van der Waals surface area contributed by atoms with Crippen LogP contribution in [0.15, 0.2) is 30.3 Å². The van der Waals surface area contributed by atoms with Gasteiger partial charge in [0.05, 0.1) is 0 Å². The number of nitrogens with zero attached hydrogens (tertiary/aromatic N) is 1. The van der Waals surface area contributed by atoms with Crippen molar-refractivity contribution in [2.24, 2.45) is 5.41 Å². The van der Waals surface area contributed by atoms with E-state index in [1.54, 1.807) is 18.7 Å². The fourth-order valence-electron chi connectivity index (χ4n) is 3.06. The number of rotatable bonds is 6. The number of hydrogen-bond donors (Lipinski definition) is 1. The zero-order valence-corrected chi connectivity index (χ0v) is 14.5. The van der Waals surface area contributed by atoms with Gasteiger partial charge in [-0.3, -0.25) is 9.59 Å². The molecule has 4 heteroatoms. The number of hydrogen-bond acceptors (Lipinski definition) is 2. The van der Waals surface area contributed by atoms with Crippen molar-refractivity contribution in [2.45, 2.75) is 59.0 Å². The summed E-state index contributed by atoms with van der Waals surface area (Å²) in [6, 6.07) is 10.1. The molecule has 1 aliphatic rings. The Morgan fingerprint density at radius 3 is 2.35 bits per heavy atom. The van der Waals surface area contributed by atoms with E-state index in [1.807, 2.05) is 37.3 Å². The number of nitrogens with one attached hydrogen (secondary N) is 1. The SMILES string of the molecule is CCN(Cc1ccccc1)C(=O)C(C)(C)C(=O)NC1CCCC1. The predicted octanol–water partition coefficient (Wildman–Crippen LogP) is 3.12. The summed E-state index contributed by atoms with van der Waals surface area (Å²) >= 11 is 0. The summed E-state index contributed by atoms with van der Waals surface area (Å²) in [7, 11) is 0. The molecule has 126 valence electrons. The molecule has 1 saturated carbocycles. The molecule has 23 heavy (non-hydrogen) atoms. The van der Waals surface area contributed by atoms with E-state index in [0.29, 0.717) is 13.1 Å². The zero-order valence-electron chi connectivity index (χ0n) is 14.5. The average molecular weight is 316 g/mol. The minimum absolute atomic E-state index is 0.112. The maximum atomic E-state index is 12.9. The van der Waals surface area contributed by atoms with Crippen LogP contribution in [0.25, 0.3) is 0 Å². The molecule has 0 radical (unpaired) electrons. The first-order valence-electron chi connectivity index (χ1n) is 8.59. The van der Waals surface area contributed by atoms with E-state index in [-0.39, 0.29) is 17.9 Å². The quantitative estimate of drug-likeness (QED) is 0.820. The van der Waals surface area contributed by atoms with Crippen molar-refractivity contribution in [3.8, 4) is 0 Å². The standard InChI is InChI=1S/C19H28N2O2/c1-4-21(14-15-10-6-5-7-11-15)18(23)19(2,3)17(22)20-16-12-8-9-13-16/h5-7,10-11,16H,4,8-9,12-14H2,1-3H3,(H,20,22). The Morgan fingerprint density at radius 1 is 1.17 bits per heavy atom. The van der Waals surface area contributed by atoms with Gasteiger partial charge in [0.15, 0.2) is 0 Å². The van der Waals surface area contributed by atoms with Crippen LogP contribution in [0.5, 0.6) is 0 Å². The first-order valence-corrected chi connectivity index (χ1v) is 8.59. The maximum Gasteiger partial charge on any atom is 0.237 e. The Balaban J connectivity index is 2.03. The summed E-state index contributed by atoms with van der Waals surface area (Å²) in [5.41, 5.74) is 0.0441. The van der Waals surface area contributed by atoms with Crippen molar-refractivity contribution in [1.29, 1.82) is 0 Å². The van der Waals surface area contributed by atoms with Gasteiger partial charge >= 0.3 is 0 Å². The van der Waals surface area contributed by atoms with Crippen LogP contribution in [0, 0.1) is 5.41 Å². The molecule has 2 amide bonds. The summed E-state index contributed by atoms with van der Waals surface area (Å²) in [6.45, 7) is 6.54. The third kappa shape index (κ3) is 4.34. The summed E-state index contributed by atoms with van der Waals surface area (Å²) in [5, 5.41) is 3.06. The molecule has 1 N–H and O–H groups in total. The molecule has 4 nitrogen and oxygen atoms in total. The number of amides is 2. The van der Waals surface area contributed by atoms with Gasteiger partial charge in [0, 0.05) is 19.1 Å². The second kappa shape index (κ2) is 7.62. The van der Waals surface area contributed by atoms with Gasteiger partial charge in [0.2, 0.25) is 11.8 Å². The number of carbonyl (C=O) groups excluding carboxylic acids is 2. The van der Waals surface area contributed by atoms with Crippen LogP contribution < -0.4 is 5.32 Å². The maximum absolute atomic E-state index is 12.9. The van der Waals surface area contributed by atoms with Crippen LogP contribution in [-0.2, 0) is 16.1 Å². The van der Waals surface area contributed by atoms with Gasteiger partial charge in [0.1, 0.15) is 5.41 Å². The Bertz CT molecular complexity index is 534.